The van der Waals surface area contributed by atoms with Crippen LogP contribution in [0.2, 0.25) is 0 Å². The minimum Gasteiger partial charge on any atom is -0.493 e. The Morgan fingerprint density at radius 3 is 2.09 bits per heavy atom. The largest absolute Gasteiger partial charge is 0.493 e. The van der Waals surface area contributed by atoms with E-state index in [1.165, 1.54) is 7.05 Å². The van der Waals surface area contributed by atoms with E-state index in [0.717, 1.165) is 22.2 Å². The Morgan fingerprint density at radius 1 is 0.848 bits per heavy atom. The Bertz CT molecular complexity index is 1400. The zero-order chi connectivity index (χ0) is 23.6. The number of nitrogens with zero attached hydrogens (tertiary/aromatic N) is 2. The standard InChI is InChI=1S/C24H23N3O5S/c1-25-33(28,29)17-10-8-15(9-11-17)18-6-5-7-19-23(18)27-20(14-26-19)16-12-21(30-2)24(32-4)22(13-16)31-3/h5-14,25H,1-4H3. The summed E-state index contributed by atoms with van der Waals surface area (Å²) in [4.78, 5) is 9.65. The van der Waals surface area contributed by atoms with E-state index in [1.54, 1.807) is 51.8 Å². The molecule has 8 nitrogen and oxygen atoms in total. The van der Waals surface area contributed by atoms with Crippen LogP contribution in [0.25, 0.3) is 33.4 Å². The van der Waals surface area contributed by atoms with Gasteiger partial charge in [-0.25, -0.2) is 18.1 Å². The summed E-state index contributed by atoms with van der Waals surface area (Å²) in [5.41, 5.74) is 4.45. The average molecular weight is 466 g/mol. The SMILES string of the molecule is CNS(=O)(=O)c1ccc(-c2cccc3ncc(-c4cc(OC)c(OC)c(OC)c4)nc23)cc1. The summed E-state index contributed by atoms with van der Waals surface area (Å²) in [7, 11) is 2.54. The molecule has 33 heavy (non-hydrogen) atoms. The number of para-hydroxylation sites is 1. The van der Waals surface area contributed by atoms with Crippen LogP contribution in [0.15, 0.2) is 65.7 Å². The average Bonchev–Trinajstić information content (AvgIpc) is 2.87. The van der Waals surface area contributed by atoms with Gasteiger partial charge in [-0.05, 0) is 42.9 Å². The molecule has 0 spiro atoms. The number of rotatable bonds is 7. The molecule has 0 unspecified atom stereocenters. The van der Waals surface area contributed by atoms with Gasteiger partial charge in [-0.15, -0.1) is 0 Å². The molecule has 0 saturated heterocycles. The Balaban J connectivity index is 1.85. The number of hydrogen-bond acceptors (Lipinski definition) is 7. The Morgan fingerprint density at radius 2 is 1.52 bits per heavy atom. The molecule has 1 heterocycles. The van der Waals surface area contributed by atoms with E-state index in [2.05, 4.69) is 9.71 Å². The van der Waals surface area contributed by atoms with Crippen LogP contribution in [-0.2, 0) is 10.0 Å². The molecular weight excluding hydrogens is 442 g/mol. The first kappa shape index (κ1) is 22.5. The smallest absolute Gasteiger partial charge is 0.240 e. The van der Waals surface area contributed by atoms with Gasteiger partial charge in [-0.1, -0.05) is 24.3 Å². The molecule has 0 aliphatic rings. The van der Waals surface area contributed by atoms with Gasteiger partial charge < -0.3 is 14.2 Å². The summed E-state index contributed by atoms with van der Waals surface area (Å²) in [6, 6.07) is 16.0. The summed E-state index contributed by atoms with van der Waals surface area (Å²) in [5.74, 6) is 1.53. The van der Waals surface area contributed by atoms with Crippen LogP contribution >= 0.6 is 0 Å². The van der Waals surface area contributed by atoms with Crippen molar-refractivity contribution in [3.8, 4) is 39.6 Å². The van der Waals surface area contributed by atoms with Crippen LogP contribution in [0.3, 0.4) is 0 Å². The summed E-state index contributed by atoms with van der Waals surface area (Å²) in [6.45, 7) is 0. The molecule has 0 aliphatic heterocycles. The third-order valence-electron chi connectivity index (χ3n) is 5.28. The topological polar surface area (TPSA) is 99.6 Å². The monoisotopic (exact) mass is 465 g/mol. The maximum absolute atomic E-state index is 12.1. The first-order valence-electron chi connectivity index (χ1n) is 10.0. The highest BCUT2D eigenvalue weighted by atomic mass is 32.2. The summed E-state index contributed by atoms with van der Waals surface area (Å²) in [6.07, 6.45) is 1.69. The quantitative estimate of drug-likeness (QED) is 0.442. The molecular formula is C24H23N3O5S. The number of sulfonamides is 1. The normalized spacial score (nSPS) is 11.4. The zero-order valence-corrected chi connectivity index (χ0v) is 19.4. The second kappa shape index (κ2) is 9.05. The molecule has 0 atom stereocenters. The number of methoxy groups -OCH3 is 3. The number of nitrogens with one attached hydrogen (secondary N) is 1. The Hall–Kier alpha value is -3.69. The van der Waals surface area contributed by atoms with Crippen molar-refractivity contribution in [3.05, 3.63) is 60.8 Å². The van der Waals surface area contributed by atoms with Crippen molar-refractivity contribution in [1.82, 2.24) is 14.7 Å². The van der Waals surface area contributed by atoms with Crippen molar-refractivity contribution in [1.29, 1.82) is 0 Å². The minimum absolute atomic E-state index is 0.193. The molecule has 1 aromatic heterocycles. The van der Waals surface area contributed by atoms with E-state index in [4.69, 9.17) is 19.2 Å². The summed E-state index contributed by atoms with van der Waals surface area (Å²) >= 11 is 0. The van der Waals surface area contributed by atoms with E-state index < -0.39 is 10.0 Å². The fourth-order valence-corrected chi connectivity index (χ4v) is 4.30. The molecule has 4 aromatic rings. The first-order valence-corrected chi connectivity index (χ1v) is 11.5. The van der Waals surface area contributed by atoms with Gasteiger partial charge in [0.1, 0.15) is 0 Å². The molecule has 0 amide bonds. The second-order valence-corrected chi connectivity index (χ2v) is 8.96. The molecule has 0 fully saturated rings. The zero-order valence-electron chi connectivity index (χ0n) is 18.6. The van der Waals surface area contributed by atoms with Crippen LogP contribution in [-0.4, -0.2) is 46.8 Å². The van der Waals surface area contributed by atoms with Crippen molar-refractivity contribution in [2.75, 3.05) is 28.4 Å². The van der Waals surface area contributed by atoms with Crippen LogP contribution in [0.5, 0.6) is 17.2 Å². The van der Waals surface area contributed by atoms with Crippen molar-refractivity contribution in [2.45, 2.75) is 4.90 Å². The van der Waals surface area contributed by atoms with Crippen LogP contribution in [0.1, 0.15) is 0 Å². The molecule has 0 radical (unpaired) electrons. The highest BCUT2D eigenvalue weighted by molar-refractivity contribution is 7.89. The second-order valence-electron chi connectivity index (χ2n) is 7.07. The van der Waals surface area contributed by atoms with Crippen molar-refractivity contribution < 1.29 is 22.6 Å². The van der Waals surface area contributed by atoms with E-state index in [0.29, 0.717) is 28.5 Å². The van der Waals surface area contributed by atoms with E-state index >= 15 is 0 Å². The fraction of sp³-hybridized carbons (Fsp3) is 0.167. The van der Waals surface area contributed by atoms with Gasteiger partial charge in [-0.2, -0.15) is 0 Å². The van der Waals surface area contributed by atoms with Gasteiger partial charge >= 0.3 is 0 Å². The first-order chi connectivity index (χ1) is 15.9. The van der Waals surface area contributed by atoms with E-state index in [-0.39, 0.29) is 4.90 Å². The van der Waals surface area contributed by atoms with Crippen molar-refractivity contribution in [2.24, 2.45) is 0 Å². The third kappa shape index (κ3) is 4.20. The van der Waals surface area contributed by atoms with Gasteiger partial charge in [0.2, 0.25) is 15.8 Å². The van der Waals surface area contributed by atoms with E-state index in [1.807, 2.05) is 30.3 Å². The van der Waals surface area contributed by atoms with Gasteiger partial charge in [0.15, 0.2) is 11.5 Å². The number of hydrogen-bond donors (Lipinski definition) is 1. The maximum Gasteiger partial charge on any atom is 0.240 e. The van der Waals surface area contributed by atoms with Gasteiger partial charge in [-0.3, -0.25) is 4.98 Å². The fourth-order valence-electron chi connectivity index (χ4n) is 3.57. The lowest BCUT2D eigenvalue weighted by Crippen LogP contribution is -2.18. The molecule has 170 valence electrons. The third-order valence-corrected chi connectivity index (χ3v) is 6.71. The summed E-state index contributed by atoms with van der Waals surface area (Å²) < 4.78 is 42.7. The molecule has 9 heteroatoms. The number of benzene rings is 3. The highest BCUT2D eigenvalue weighted by Crippen LogP contribution is 2.41. The lowest BCUT2D eigenvalue weighted by atomic mass is 10.0. The highest BCUT2D eigenvalue weighted by Gasteiger charge is 2.17. The van der Waals surface area contributed by atoms with E-state index in [9.17, 15) is 8.42 Å². The maximum atomic E-state index is 12.1. The van der Waals surface area contributed by atoms with Gasteiger partial charge in [0.25, 0.3) is 0 Å². The Kier molecular flexibility index (Phi) is 6.17. The molecule has 3 aromatic carbocycles. The van der Waals surface area contributed by atoms with Crippen LogP contribution < -0.4 is 18.9 Å². The van der Waals surface area contributed by atoms with Crippen molar-refractivity contribution >= 4 is 21.1 Å². The van der Waals surface area contributed by atoms with Crippen LogP contribution in [0, 0.1) is 0 Å². The van der Waals surface area contributed by atoms with Crippen LogP contribution in [0.4, 0.5) is 0 Å². The number of aromatic nitrogens is 2. The molecule has 1 N–H and O–H groups in total. The molecule has 0 aliphatic carbocycles. The summed E-state index contributed by atoms with van der Waals surface area (Å²) in [5, 5.41) is 0. The molecule has 4 rings (SSSR count). The van der Waals surface area contributed by atoms with Gasteiger partial charge in [0.05, 0.1) is 49.1 Å². The number of fused-ring (bicyclic) bond motifs is 1. The minimum atomic E-state index is -3.51. The molecule has 0 bridgehead atoms. The lowest BCUT2D eigenvalue weighted by molar-refractivity contribution is 0.324. The lowest BCUT2D eigenvalue weighted by Gasteiger charge is -2.14. The predicted octanol–water partition coefficient (Wildman–Crippen LogP) is 3.90. The Labute approximate surface area is 192 Å². The van der Waals surface area contributed by atoms with Crippen molar-refractivity contribution in [3.63, 3.8) is 0 Å². The number of ether oxygens (including phenoxy) is 3. The van der Waals surface area contributed by atoms with Gasteiger partial charge in [0, 0.05) is 11.1 Å². The predicted molar refractivity (Wildman–Crippen MR) is 126 cm³/mol. The molecule has 0 saturated carbocycles.